The Morgan fingerprint density at radius 3 is 2.40 bits per heavy atom. The fraction of sp³-hybridized carbons (Fsp3) is 0.600. The van der Waals surface area contributed by atoms with Gasteiger partial charge in [-0.1, -0.05) is 6.92 Å². The predicted molar refractivity (Wildman–Crippen MR) is 76.0 cm³/mol. The van der Waals surface area contributed by atoms with Gasteiger partial charge in [-0.05, 0) is 32.8 Å². The van der Waals surface area contributed by atoms with Crippen molar-refractivity contribution in [1.29, 1.82) is 0 Å². The van der Waals surface area contributed by atoms with Gasteiger partial charge in [0.25, 0.3) is 0 Å². The number of pyridine rings is 1. The summed E-state index contributed by atoms with van der Waals surface area (Å²) < 4.78 is 15.8. The lowest BCUT2D eigenvalue weighted by Crippen LogP contribution is -2.21. The number of rotatable bonds is 5. The van der Waals surface area contributed by atoms with Crippen molar-refractivity contribution in [2.45, 2.75) is 46.3 Å². The summed E-state index contributed by atoms with van der Waals surface area (Å²) in [6.45, 7) is 8.13. The van der Waals surface area contributed by atoms with Crippen molar-refractivity contribution in [1.82, 2.24) is 4.98 Å². The second-order valence-electron chi connectivity index (χ2n) is 5.39. The average Bonchev–Trinajstić information content (AvgIpc) is 2.42. The number of nitrogens with zero attached hydrogens (tertiary/aromatic N) is 1. The number of hydrogen-bond acceptors (Lipinski definition) is 5. The van der Waals surface area contributed by atoms with Crippen LogP contribution < -0.4 is 4.74 Å². The van der Waals surface area contributed by atoms with Crippen molar-refractivity contribution in [3.63, 3.8) is 0 Å². The summed E-state index contributed by atoms with van der Waals surface area (Å²) in [6.07, 6.45) is 0.615. The fourth-order valence-electron chi connectivity index (χ4n) is 1.75. The van der Waals surface area contributed by atoms with E-state index in [1.54, 1.807) is 13.2 Å². The Labute approximate surface area is 120 Å². The van der Waals surface area contributed by atoms with E-state index < -0.39 is 5.97 Å². The fourth-order valence-corrected chi connectivity index (χ4v) is 1.75. The Balaban J connectivity index is 3.25. The highest BCUT2D eigenvalue weighted by Crippen LogP contribution is 2.23. The van der Waals surface area contributed by atoms with Gasteiger partial charge in [0.1, 0.15) is 0 Å². The molecular formula is C15H23NO4. The van der Waals surface area contributed by atoms with Crippen molar-refractivity contribution in [3.8, 4) is 5.88 Å². The highest BCUT2D eigenvalue weighted by atomic mass is 16.5. The molecule has 0 bridgehead atoms. The Bertz CT molecular complexity index is 477. The molecule has 112 valence electrons. The molecule has 20 heavy (non-hydrogen) atoms. The monoisotopic (exact) mass is 281 g/mol. The number of hydrogen-bond donors (Lipinski definition) is 0. The molecule has 0 aliphatic rings. The highest BCUT2D eigenvalue weighted by molar-refractivity contribution is 5.92. The van der Waals surface area contributed by atoms with Gasteiger partial charge < -0.3 is 14.2 Å². The van der Waals surface area contributed by atoms with Gasteiger partial charge in [0.2, 0.25) is 5.88 Å². The van der Waals surface area contributed by atoms with Crippen molar-refractivity contribution in [3.05, 3.63) is 22.9 Å². The molecule has 0 unspecified atom stereocenters. The second-order valence-corrected chi connectivity index (χ2v) is 5.39. The highest BCUT2D eigenvalue weighted by Gasteiger charge is 2.21. The molecular weight excluding hydrogens is 258 g/mol. The minimum atomic E-state index is -0.399. The molecule has 1 rings (SSSR count). The summed E-state index contributed by atoms with van der Waals surface area (Å²) in [5.74, 6) is 0.0755. The maximum Gasteiger partial charge on any atom is 0.340 e. The van der Waals surface area contributed by atoms with Crippen LogP contribution in [0.4, 0.5) is 0 Å². The van der Waals surface area contributed by atoms with Crippen LogP contribution >= 0.6 is 0 Å². The van der Waals surface area contributed by atoms with Gasteiger partial charge in [0.15, 0.2) is 0 Å². The molecule has 0 aromatic carbocycles. The molecule has 1 aromatic heterocycles. The number of carbonyl (C=O) groups is 1. The Hall–Kier alpha value is -1.62. The van der Waals surface area contributed by atoms with Crippen LogP contribution in [0.2, 0.25) is 0 Å². The van der Waals surface area contributed by atoms with Crippen molar-refractivity contribution in [2.24, 2.45) is 0 Å². The molecule has 0 spiro atoms. The van der Waals surface area contributed by atoms with E-state index in [1.807, 2.05) is 27.7 Å². The van der Waals surface area contributed by atoms with E-state index in [0.717, 1.165) is 5.56 Å². The lowest BCUT2D eigenvalue weighted by molar-refractivity contribution is -0.0156. The van der Waals surface area contributed by atoms with Crippen LogP contribution in [0.5, 0.6) is 5.88 Å². The van der Waals surface area contributed by atoms with E-state index in [4.69, 9.17) is 14.2 Å². The van der Waals surface area contributed by atoms with E-state index >= 15 is 0 Å². The van der Waals surface area contributed by atoms with Crippen LogP contribution in [0.25, 0.3) is 0 Å². The maximum absolute atomic E-state index is 12.0. The lowest BCUT2D eigenvalue weighted by Gasteiger charge is -2.21. The van der Waals surface area contributed by atoms with Gasteiger partial charge in [-0.3, -0.25) is 0 Å². The maximum atomic E-state index is 12.0. The van der Waals surface area contributed by atoms with E-state index in [0.29, 0.717) is 30.2 Å². The average molecular weight is 281 g/mol. The van der Waals surface area contributed by atoms with Crippen LogP contribution in [0.15, 0.2) is 6.07 Å². The first-order valence-electron chi connectivity index (χ1n) is 6.61. The summed E-state index contributed by atoms with van der Waals surface area (Å²) in [6, 6.07) is 1.72. The first kappa shape index (κ1) is 16.4. The predicted octanol–water partition coefficient (Wildman–Crippen LogP) is 2.75. The summed E-state index contributed by atoms with van der Waals surface area (Å²) in [4.78, 5) is 16.3. The third-order valence-electron chi connectivity index (χ3n) is 2.75. The largest absolute Gasteiger partial charge is 0.481 e. The molecule has 0 N–H and O–H groups in total. The first-order chi connectivity index (χ1) is 9.32. The van der Waals surface area contributed by atoms with Crippen molar-refractivity contribution < 1.29 is 19.0 Å². The van der Waals surface area contributed by atoms with E-state index in [9.17, 15) is 4.79 Å². The number of esters is 1. The van der Waals surface area contributed by atoms with Gasteiger partial charge >= 0.3 is 5.97 Å². The number of ether oxygens (including phenoxy) is 3. The Kier molecular flexibility index (Phi) is 5.51. The molecule has 0 saturated heterocycles. The summed E-state index contributed by atoms with van der Waals surface area (Å²) in [5, 5.41) is 0. The minimum absolute atomic E-state index is 0.295. The lowest BCUT2D eigenvalue weighted by atomic mass is 10.0. The molecule has 0 atom stereocenters. The van der Waals surface area contributed by atoms with Crippen LogP contribution in [0.3, 0.4) is 0 Å². The van der Waals surface area contributed by atoms with Crippen molar-refractivity contribution >= 4 is 5.97 Å². The minimum Gasteiger partial charge on any atom is -0.481 e. The van der Waals surface area contributed by atoms with Crippen LogP contribution in [-0.4, -0.2) is 30.8 Å². The number of aromatic nitrogens is 1. The number of methoxy groups -OCH3 is 2. The molecule has 1 aromatic rings. The zero-order valence-corrected chi connectivity index (χ0v) is 13.1. The van der Waals surface area contributed by atoms with Gasteiger partial charge in [-0.15, -0.1) is 0 Å². The quantitative estimate of drug-likeness (QED) is 0.777. The summed E-state index contributed by atoms with van der Waals surface area (Å²) in [5.41, 5.74) is 1.57. The molecule has 0 saturated carbocycles. The third-order valence-corrected chi connectivity index (χ3v) is 2.75. The molecule has 0 fully saturated rings. The standard InChI is InChI=1S/C15H23NO4/c1-7-11-13(14(17)19-6)10(8-12(16-11)18-5)9-20-15(2,3)4/h8H,7,9H2,1-6H3. The van der Waals surface area contributed by atoms with Crippen LogP contribution in [0, 0.1) is 0 Å². The van der Waals surface area contributed by atoms with Crippen LogP contribution in [0.1, 0.15) is 49.3 Å². The second kappa shape index (κ2) is 6.70. The molecule has 5 nitrogen and oxygen atoms in total. The first-order valence-corrected chi connectivity index (χ1v) is 6.61. The Morgan fingerprint density at radius 2 is 1.95 bits per heavy atom. The molecule has 0 radical (unpaired) electrons. The summed E-state index contributed by atoms with van der Waals surface area (Å²) in [7, 11) is 2.91. The van der Waals surface area contributed by atoms with Gasteiger partial charge in [0, 0.05) is 6.07 Å². The van der Waals surface area contributed by atoms with Crippen LogP contribution in [-0.2, 0) is 22.5 Å². The normalized spacial score (nSPS) is 11.3. The SMILES string of the molecule is CCc1nc(OC)cc(COC(C)(C)C)c1C(=O)OC. The van der Waals surface area contributed by atoms with E-state index in [1.165, 1.54) is 7.11 Å². The summed E-state index contributed by atoms with van der Waals surface area (Å²) >= 11 is 0. The van der Waals surface area contributed by atoms with Gasteiger partial charge in [-0.25, -0.2) is 9.78 Å². The van der Waals surface area contributed by atoms with Crippen molar-refractivity contribution in [2.75, 3.05) is 14.2 Å². The molecule has 5 heteroatoms. The molecule has 0 amide bonds. The molecule has 0 aliphatic heterocycles. The van der Waals surface area contributed by atoms with E-state index in [2.05, 4.69) is 4.98 Å². The topological polar surface area (TPSA) is 57.7 Å². The molecule has 0 aliphatic carbocycles. The molecule has 1 heterocycles. The zero-order valence-electron chi connectivity index (χ0n) is 13.1. The third kappa shape index (κ3) is 4.20. The Morgan fingerprint density at radius 1 is 1.30 bits per heavy atom. The zero-order chi connectivity index (χ0) is 15.3. The number of carbonyl (C=O) groups excluding carboxylic acids is 1. The smallest absolute Gasteiger partial charge is 0.340 e. The van der Waals surface area contributed by atoms with Gasteiger partial charge in [-0.2, -0.15) is 0 Å². The number of aryl methyl sites for hydroxylation is 1. The van der Waals surface area contributed by atoms with E-state index in [-0.39, 0.29) is 5.60 Å². The van der Waals surface area contributed by atoms with Gasteiger partial charge in [0.05, 0.1) is 37.7 Å².